The van der Waals surface area contributed by atoms with Crippen molar-refractivity contribution >= 4 is 40.3 Å². The number of nitrogens with one attached hydrogen (secondary N) is 2. The lowest BCUT2D eigenvalue weighted by Gasteiger charge is -2.08. The molecule has 0 unspecified atom stereocenters. The summed E-state index contributed by atoms with van der Waals surface area (Å²) in [5.41, 5.74) is 3.12. The van der Waals surface area contributed by atoms with Crippen molar-refractivity contribution in [3.63, 3.8) is 0 Å². The third-order valence-corrected chi connectivity index (χ3v) is 6.37. The average molecular weight is 535 g/mol. The number of anilines is 2. The molecule has 0 fully saturated rings. The molecule has 5 aromatic rings. The predicted molar refractivity (Wildman–Crippen MR) is 137 cm³/mol. The minimum Gasteiger partial charge on any atom is -0.457 e. The van der Waals surface area contributed by atoms with Crippen LogP contribution in [0.1, 0.15) is 23.4 Å². The normalized spacial score (nSPS) is 13.1. The Balaban J connectivity index is 1.24. The summed E-state index contributed by atoms with van der Waals surface area (Å²) in [5, 5.41) is 3.69. The fourth-order valence-electron chi connectivity index (χ4n) is 4.19. The minimum atomic E-state index is -4.51. The molecule has 0 spiro atoms. The zero-order valence-electron chi connectivity index (χ0n) is 19.8. The second-order valence-electron chi connectivity index (χ2n) is 8.71. The van der Waals surface area contributed by atoms with E-state index in [2.05, 4.69) is 37.4 Å². The van der Waals surface area contributed by atoms with Gasteiger partial charge in [0.2, 0.25) is 5.95 Å². The van der Waals surface area contributed by atoms with Crippen LogP contribution < -0.4 is 10.1 Å². The maximum atomic E-state index is 13.0. The van der Waals surface area contributed by atoms with Gasteiger partial charge >= 0.3 is 6.18 Å². The van der Waals surface area contributed by atoms with Gasteiger partial charge in [-0.15, -0.1) is 0 Å². The second-order valence-corrected chi connectivity index (χ2v) is 9.20. The largest absolute Gasteiger partial charge is 0.457 e. The molecular weight excluding hydrogens is 517 g/mol. The molecule has 3 heterocycles. The van der Waals surface area contributed by atoms with Gasteiger partial charge in [0.15, 0.2) is 5.82 Å². The van der Waals surface area contributed by atoms with Crippen LogP contribution in [0.3, 0.4) is 0 Å². The van der Waals surface area contributed by atoms with E-state index >= 15 is 0 Å². The van der Waals surface area contributed by atoms with Crippen LogP contribution in [-0.2, 0) is 19.6 Å². The molecule has 0 saturated carbocycles. The molecular formula is C27H18ClF3N6O. The first-order valence-electron chi connectivity index (χ1n) is 11.6. The van der Waals surface area contributed by atoms with E-state index in [-0.39, 0.29) is 5.69 Å². The first kappa shape index (κ1) is 23.9. The zero-order valence-corrected chi connectivity index (χ0v) is 20.6. The number of aromatic nitrogens is 5. The number of H-pyrrole nitrogens is 1. The molecule has 0 bridgehead atoms. The summed E-state index contributed by atoms with van der Waals surface area (Å²) in [6.07, 6.45) is 0.548. The highest BCUT2D eigenvalue weighted by atomic mass is 35.5. The number of imidazole rings is 2. The topological polar surface area (TPSA) is 80.7 Å². The molecule has 0 saturated heterocycles. The summed E-state index contributed by atoms with van der Waals surface area (Å²) in [4.78, 5) is 16.9. The van der Waals surface area contributed by atoms with E-state index < -0.39 is 11.7 Å². The summed E-state index contributed by atoms with van der Waals surface area (Å²) in [6, 6.07) is 15.7. The minimum absolute atomic E-state index is 0.202. The Morgan fingerprint density at radius 2 is 1.95 bits per heavy atom. The van der Waals surface area contributed by atoms with E-state index in [4.69, 9.17) is 16.3 Å². The molecule has 38 heavy (non-hydrogen) atoms. The van der Waals surface area contributed by atoms with Gasteiger partial charge in [-0.2, -0.15) is 13.2 Å². The Labute approximate surface area is 220 Å². The van der Waals surface area contributed by atoms with E-state index in [0.29, 0.717) is 34.5 Å². The van der Waals surface area contributed by atoms with Gasteiger partial charge in [-0.05, 0) is 43.2 Å². The lowest BCUT2D eigenvalue weighted by Crippen LogP contribution is -2.05. The number of hydrogen-bond acceptors (Lipinski definition) is 5. The van der Waals surface area contributed by atoms with E-state index in [0.717, 1.165) is 40.8 Å². The summed E-state index contributed by atoms with van der Waals surface area (Å²) in [6.45, 7) is 0. The first-order valence-corrected chi connectivity index (χ1v) is 11.9. The van der Waals surface area contributed by atoms with Crippen LogP contribution in [0.25, 0.3) is 28.6 Å². The van der Waals surface area contributed by atoms with Crippen LogP contribution in [0, 0.1) is 12.1 Å². The van der Waals surface area contributed by atoms with Crippen molar-refractivity contribution in [3.05, 3.63) is 82.8 Å². The number of pyridine rings is 1. The van der Waals surface area contributed by atoms with Crippen LogP contribution in [0.5, 0.6) is 11.5 Å². The van der Waals surface area contributed by atoms with Gasteiger partial charge < -0.3 is 19.6 Å². The molecule has 0 atom stereocenters. The number of allylic oxidation sites excluding steroid dienone is 1. The van der Waals surface area contributed by atoms with Gasteiger partial charge in [-0.1, -0.05) is 23.7 Å². The number of fused-ring (bicyclic) bond motifs is 2. The van der Waals surface area contributed by atoms with Gasteiger partial charge in [-0.25, -0.2) is 9.97 Å². The fourth-order valence-corrected chi connectivity index (χ4v) is 4.39. The van der Waals surface area contributed by atoms with Crippen LogP contribution in [0.2, 0.25) is 0 Å². The van der Waals surface area contributed by atoms with E-state index in [1.54, 1.807) is 42.1 Å². The number of alkyl halides is 3. The van der Waals surface area contributed by atoms with Crippen molar-refractivity contribution in [1.29, 1.82) is 0 Å². The van der Waals surface area contributed by atoms with Gasteiger partial charge in [0.25, 0.3) is 0 Å². The van der Waals surface area contributed by atoms with Crippen molar-refractivity contribution in [2.24, 2.45) is 7.05 Å². The molecule has 0 aliphatic heterocycles. The highest BCUT2D eigenvalue weighted by molar-refractivity contribution is 6.31. The Morgan fingerprint density at radius 3 is 2.79 bits per heavy atom. The molecule has 7 nitrogen and oxygen atoms in total. The monoisotopic (exact) mass is 534 g/mol. The zero-order chi connectivity index (χ0) is 26.4. The number of nitrogens with zero attached hydrogens (tertiary/aromatic N) is 4. The summed E-state index contributed by atoms with van der Waals surface area (Å²) >= 11 is 6.15. The van der Waals surface area contributed by atoms with E-state index in [9.17, 15) is 13.2 Å². The van der Waals surface area contributed by atoms with Crippen LogP contribution in [0.15, 0.2) is 53.7 Å². The summed E-state index contributed by atoms with van der Waals surface area (Å²) in [7, 11) is 1.77. The number of hydrogen-bond donors (Lipinski definition) is 2. The van der Waals surface area contributed by atoms with Crippen molar-refractivity contribution in [2.75, 3.05) is 5.32 Å². The average Bonchev–Trinajstić information content (AvgIpc) is 3.44. The number of benzene rings is 1. The maximum absolute atomic E-state index is 13.0. The number of aryl methyl sites for hydroxylation is 2. The Hall–Kier alpha value is -4.49. The van der Waals surface area contributed by atoms with Gasteiger partial charge in [0, 0.05) is 42.2 Å². The van der Waals surface area contributed by atoms with Crippen molar-refractivity contribution in [3.8, 4) is 23.0 Å². The van der Waals surface area contributed by atoms with Crippen LogP contribution in [-0.4, -0.2) is 24.5 Å². The number of ether oxygens (including phenoxy) is 1. The molecule has 6 rings (SSSR count). The van der Waals surface area contributed by atoms with Crippen molar-refractivity contribution in [1.82, 2.24) is 24.5 Å². The highest BCUT2D eigenvalue weighted by Crippen LogP contribution is 2.32. The Morgan fingerprint density at radius 1 is 1.11 bits per heavy atom. The summed E-state index contributed by atoms with van der Waals surface area (Å²) < 4.78 is 46.9. The number of halogens is 4. The van der Waals surface area contributed by atoms with Crippen LogP contribution >= 0.6 is 11.6 Å². The van der Waals surface area contributed by atoms with Gasteiger partial charge in [0.05, 0.1) is 22.4 Å². The lowest BCUT2D eigenvalue weighted by atomic mass is 10.1. The standard InChI is InChI=1S/C27H18ClF3N6O/c1-37-24-8-6-18(13-22(24)36-26(37)33-17-4-2-3-15(11-17)27(29,30)31)38-19-9-10-32-23(14-19)25-34-20-7-5-16(28)12-21(20)35-25/h4,6,8-14H,5,7H2,1H3,(H,33,36)(H,34,35). The lowest BCUT2D eigenvalue weighted by molar-refractivity contribution is -0.137. The highest BCUT2D eigenvalue weighted by Gasteiger charge is 2.31. The predicted octanol–water partition coefficient (Wildman–Crippen LogP) is 7.04. The molecule has 2 aromatic carbocycles. The summed E-state index contributed by atoms with van der Waals surface area (Å²) in [5.74, 6) is 2.09. The SMILES string of the molecule is Cn1c(Nc2cc#cc(C(F)(F)F)c2)nc2cc(Oc3ccnc(-c4nc5c([nH]4)CCC(Cl)=C5)c3)ccc21. The molecule has 11 heteroatoms. The number of rotatable bonds is 5. The Bertz CT molecular complexity index is 1710. The quantitative estimate of drug-likeness (QED) is 0.253. The first-order chi connectivity index (χ1) is 18.2. The molecule has 0 radical (unpaired) electrons. The van der Waals surface area contributed by atoms with Gasteiger partial charge in [0.1, 0.15) is 22.8 Å². The maximum Gasteiger partial charge on any atom is 0.424 e. The third-order valence-electron chi connectivity index (χ3n) is 6.08. The molecule has 0 amide bonds. The Kier molecular flexibility index (Phi) is 5.73. The fraction of sp³-hybridized carbons (Fsp3) is 0.148. The second kappa shape index (κ2) is 9.11. The van der Waals surface area contributed by atoms with Crippen LogP contribution in [0.4, 0.5) is 24.8 Å². The van der Waals surface area contributed by atoms with E-state index in [1.165, 1.54) is 6.07 Å². The smallest absolute Gasteiger partial charge is 0.424 e. The molecule has 2 N–H and O–H groups in total. The molecule has 1 aliphatic rings. The number of aromatic amines is 1. The molecule has 1 aliphatic carbocycles. The van der Waals surface area contributed by atoms with Gasteiger partial charge in [-0.3, -0.25) is 4.98 Å². The van der Waals surface area contributed by atoms with Crippen molar-refractivity contribution in [2.45, 2.75) is 19.0 Å². The van der Waals surface area contributed by atoms with E-state index in [1.807, 2.05) is 12.1 Å². The molecule has 190 valence electrons. The van der Waals surface area contributed by atoms with Crippen molar-refractivity contribution < 1.29 is 17.9 Å². The third kappa shape index (κ3) is 4.64. The molecule has 3 aromatic heterocycles.